The van der Waals surface area contributed by atoms with Gasteiger partial charge in [0.05, 0.1) is 12.8 Å². The summed E-state index contributed by atoms with van der Waals surface area (Å²) in [7, 11) is 3.49. The van der Waals surface area contributed by atoms with Gasteiger partial charge in [0.1, 0.15) is 23.3 Å². The molecule has 3 rings (SSSR count). The van der Waals surface area contributed by atoms with Crippen molar-refractivity contribution in [3.63, 3.8) is 0 Å². The molecule has 0 radical (unpaired) electrons. The van der Waals surface area contributed by atoms with Crippen LogP contribution in [0.25, 0.3) is 11.3 Å². The highest BCUT2D eigenvalue weighted by Gasteiger charge is 2.15. The predicted octanol–water partition coefficient (Wildman–Crippen LogP) is 3.92. The summed E-state index contributed by atoms with van der Waals surface area (Å²) in [6.45, 7) is 1.86. The molecule has 6 heteroatoms. The van der Waals surface area contributed by atoms with E-state index in [0.29, 0.717) is 24.8 Å². The Hall–Kier alpha value is -2.50. The Kier molecular flexibility index (Phi) is 6.15. The summed E-state index contributed by atoms with van der Waals surface area (Å²) in [5.41, 5.74) is 2.94. The van der Waals surface area contributed by atoms with Gasteiger partial charge in [-0.15, -0.1) is 0 Å². The molecule has 136 valence electrons. The zero-order valence-electron chi connectivity index (χ0n) is 14.9. The Bertz CT molecular complexity index is 850. The lowest BCUT2D eigenvalue weighted by Gasteiger charge is -2.09. The summed E-state index contributed by atoms with van der Waals surface area (Å²) in [5, 5.41) is 8.56. The SMILES string of the molecule is COc1cccc(OCCNCc2c(-c3ccccc3)nn(C)c2Cl)c1. The van der Waals surface area contributed by atoms with Gasteiger partial charge >= 0.3 is 0 Å². The van der Waals surface area contributed by atoms with Crippen LogP contribution in [0.15, 0.2) is 54.6 Å². The third-order valence-corrected chi connectivity index (χ3v) is 4.48. The van der Waals surface area contributed by atoms with Crippen molar-refractivity contribution in [2.45, 2.75) is 6.54 Å². The second-order valence-corrected chi connectivity index (χ2v) is 6.17. The Morgan fingerprint density at radius 3 is 2.62 bits per heavy atom. The molecule has 0 aliphatic heterocycles. The molecule has 0 aliphatic rings. The van der Waals surface area contributed by atoms with Crippen LogP contribution in [0.2, 0.25) is 5.15 Å². The van der Waals surface area contributed by atoms with Crippen LogP contribution in [0.3, 0.4) is 0 Å². The summed E-state index contributed by atoms with van der Waals surface area (Å²) in [6.07, 6.45) is 0. The minimum Gasteiger partial charge on any atom is -0.497 e. The van der Waals surface area contributed by atoms with Gasteiger partial charge in [-0.2, -0.15) is 5.10 Å². The van der Waals surface area contributed by atoms with E-state index in [0.717, 1.165) is 28.3 Å². The highest BCUT2D eigenvalue weighted by atomic mass is 35.5. The fourth-order valence-electron chi connectivity index (χ4n) is 2.68. The molecule has 1 heterocycles. The van der Waals surface area contributed by atoms with Crippen LogP contribution in [0, 0.1) is 0 Å². The van der Waals surface area contributed by atoms with Crippen LogP contribution in [0.4, 0.5) is 0 Å². The van der Waals surface area contributed by atoms with E-state index in [2.05, 4.69) is 10.4 Å². The number of hydrogen-bond donors (Lipinski definition) is 1. The molecule has 0 saturated carbocycles. The molecule has 3 aromatic rings. The summed E-state index contributed by atoms with van der Waals surface area (Å²) in [4.78, 5) is 0. The Morgan fingerprint density at radius 1 is 1.08 bits per heavy atom. The molecule has 0 amide bonds. The topological polar surface area (TPSA) is 48.3 Å². The number of aryl methyl sites for hydroxylation is 1. The van der Waals surface area contributed by atoms with Gasteiger partial charge in [-0.1, -0.05) is 48.0 Å². The van der Waals surface area contributed by atoms with Gasteiger partial charge < -0.3 is 14.8 Å². The molecule has 0 aliphatic carbocycles. The minimum absolute atomic E-state index is 0.547. The quantitative estimate of drug-likeness (QED) is 0.610. The van der Waals surface area contributed by atoms with E-state index in [1.165, 1.54) is 0 Å². The standard InChI is InChI=1S/C20H22ClN3O2/c1-24-20(21)18(19(23-24)15-7-4-3-5-8-15)14-22-11-12-26-17-10-6-9-16(13-17)25-2/h3-10,13,22H,11-12,14H2,1-2H3. The van der Waals surface area contributed by atoms with E-state index < -0.39 is 0 Å². The van der Waals surface area contributed by atoms with Crippen molar-refractivity contribution in [2.24, 2.45) is 7.05 Å². The predicted molar refractivity (Wildman–Crippen MR) is 104 cm³/mol. The van der Waals surface area contributed by atoms with E-state index in [4.69, 9.17) is 21.1 Å². The van der Waals surface area contributed by atoms with Crippen molar-refractivity contribution in [2.75, 3.05) is 20.3 Å². The Balaban J connectivity index is 1.57. The molecule has 1 aromatic heterocycles. The highest BCUT2D eigenvalue weighted by molar-refractivity contribution is 6.30. The highest BCUT2D eigenvalue weighted by Crippen LogP contribution is 2.28. The summed E-state index contributed by atoms with van der Waals surface area (Å²) >= 11 is 6.42. The number of nitrogens with one attached hydrogen (secondary N) is 1. The normalized spacial score (nSPS) is 10.7. The van der Waals surface area contributed by atoms with Crippen LogP contribution in [-0.4, -0.2) is 30.0 Å². The minimum atomic E-state index is 0.547. The Labute approximate surface area is 158 Å². The lowest BCUT2D eigenvalue weighted by atomic mass is 10.1. The maximum Gasteiger partial charge on any atom is 0.131 e. The van der Waals surface area contributed by atoms with Crippen molar-refractivity contribution >= 4 is 11.6 Å². The third-order valence-electron chi connectivity index (χ3n) is 4.01. The molecule has 0 bridgehead atoms. The van der Waals surface area contributed by atoms with Crippen LogP contribution in [-0.2, 0) is 13.6 Å². The van der Waals surface area contributed by atoms with Gasteiger partial charge in [0.2, 0.25) is 0 Å². The monoisotopic (exact) mass is 371 g/mol. The second kappa shape index (κ2) is 8.74. The first-order valence-corrected chi connectivity index (χ1v) is 8.81. The molecule has 2 aromatic carbocycles. The van der Waals surface area contributed by atoms with Crippen molar-refractivity contribution in [3.05, 3.63) is 65.3 Å². The van der Waals surface area contributed by atoms with Crippen LogP contribution in [0.1, 0.15) is 5.56 Å². The largest absolute Gasteiger partial charge is 0.497 e. The first-order chi connectivity index (χ1) is 12.7. The number of aromatic nitrogens is 2. The van der Waals surface area contributed by atoms with E-state index in [9.17, 15) is 0 Å². The number of rotatable bonds is 8. The van der Waals surface area contributed by atoms with Crippen LogP contribution < -0.4 is 14.8 Å². The van der Waals surface area contributed by atoms with Crippen molar-refractivity contribution in [3.8, 4) is 22.8 Å². The lowest BCUT2D eigenvalue weighted by molar-refractivity contribution is 0.311. The molecule has 0 unspecified atom stereocenters. The molecule has 0 fully saturated rings. The van der Waals surface area contributed by atoms with Gasteiger partial charge in [0.15, 0.2) is 0 Å². The van der Waals surface area contributed by atoms with Gasteiger partial charge in [-0.3, -0.25) is 4.68 Å². The van der Waals surface area contributed by atoms with Crippen molar-refractivity contribution in [1.29, 1.82) is 0 Å². The fourth-order valence-corrected chi connectivity index (χ4v) is 2.87. The fraction of sp³-hybridized carbons (Fsp3) is 0.250. The molecular formula is C20H22ClN3O2. The van der Waals surface area contributed by atoms with Crippen molar-refractivity contribution < 1.29 is 9.47 Å². The number of methoxy groups -OCH3 is 1. The molecule has 5 nitrogen and oxygen atoms in total. The molecule has 0 spiro atoms. The summed E-state index contributed by atoms with van der Waals surface area (Å²) in [6, 6.07) is 17.6. The molecule has 0 saturated heterocycles. The number of nitrogens with zero attached hydrogens (tertiary/aromatic N) is 2. The smallest absolute Gasteiger partial charge is 0.131 e. The maximum atomic E-state index is 6.42. The van der Waals surface area contributed by atoms with Gasteiger partial charge in [-0.05, 0) is 12.1 Å². The van der Waals surface area contributed by atoms with E-state index in [1.54, 1.807) is 11.8 Å². The van der Waals surface area contributed by atoms with Crippen LogP contribution >= 0.6 is 11.6 Å². The van der Waals surface area contributed by atoms with E-state index in [1.807, 2.05) is 61.6 Å². The average Bonchev–Trinajstić information content (AvgIpc) is 2.97. The van der Waals surface area contributed by atoms with Crippen molar-refractivity contribution in [1.82, 2.24) is 15.1 Å². The third kappa shape index (κ3) is 4.36. The molecule has 26 heavy (non-hydrogen) atoms. The van der Waals surface area contributed by atoms with Gasteiger partial charge in [-0.25, -0.2) is 0 Å². The first-order valence-electron chi connectivity index (χ1n) is 8.43. The molecule has 0 atom stereocenters. The summed E-state index contributed by atoms with van der Waals surface area (Å²) < 4.78 is 12.6. The number of hydrogen-bond acceptors (Lipinski definition) is 4. The number of halogens is 1. The van der Waals surface area contributed by atoms with Crippen LogP contribution in [0.5, 0.6) is 11.5 Å². The van der Waals surface area contributed by atoms with Gasteiger partial charge in [0.25, 0.3) is 0 Å². The average molecular weight is 372 g/mol. The van der Waals surface area contributed by atoms with E-state index in [-0.39, 0.29) is 0 Å². The molecule has 1 N–H and O–H groups in total. The maximum absolute atomic E-state index is 6.42. The van der Waals surface area contributed by atoms with E-state index >= 15 is 0 Å². The Morgan fingerprint density at radius 2 is 1.85 bits per heavy atom. The number of ether oxygens (including phenoxy) is 2. The zero-order chi connectivity index (χ0) is 18.4. The molecular weight excluding hydrogens is 350 g/mol. The second-order valence-electron chi connectivity index (χ2n) is 5.81. The lowest BCUT2D eigenvalue weighted by Crippen LogP contribution is -2.21. The first kappa shape index (κ1) is 18.3. The zero-order valence-corrected chi connectivity index (χ0v) is 15.7. The number of benzene rings is 2. The van der Waals surface area contributed by atoms with Gasteiger partial charge in [0, 0.05) is 37.3 Å². The summed E-state index contributed by atoms with van der Waals surface area (Å²) in [5.74, 6) is 1.57.